The third-order valence-electron chi connectivity index (χ3n) is 3.19. The van der Waals surface area contributed by atoms with Gasteiger partial charge in [-0.1, -0.05) is 18.2 Å². The fourth-order valence-corrected chi connectivity index (χ4v) is 2.40. The van der Waals surface area contributed by atoms with Crippen molar-refractivity contribution in [2.45, 2.75) is 13.0 Å². The minimum absolute atomic E-state index is 0.399. The second-order valence-corrected chi connectivity index (χ2v) is 4.19. The van der Waals surface area contributed by atoms with Crippen molar-refractivity contribution < 1.29 is 0 Å². The van der Waals surface area contributed by atoms with Crippen LogP contribution in [-0.4, -0.2) is 22.4 Å². The lowest BCUT2D eigenvalue weighted by molar-refractivity contribution is 0.796. The largest absolute Gasteiger partial charge is 0.382 e. The van der Waals surface area contributed by atoms with Crippen LogP contribution in [0.25, 0.3) is 21.9 Å². The van der Waals surface area contributed by atoms with Gasteiger partial charge in [0, 0.05) is 5.39 Å². The number of imidazole rings is 1. The average Bonchev–Trinajstić information content (AvgIpc) is 2.78. The van der Waals surface area contributed by atoms with Crippen LogP contribution < -0.4 is 11.5 Å². The van der Waals surface area contributed by atoms with Crippen molar-refractivity contribution in [1.29, 1.82) is 0 Å². The molecule has 0 spiro atoms. The van der Waals surface area contributed by atoms with Crippen LogP contribution in [0.15, 0.2) is 24.3 Å². The van der Waals surface area contributed by atoms with Crippen LogP contribution in [-0.2, 0) is 13.0 Å². The number of para-hydroxylation sites is 1. The van der Waals surface area contributed by atoms with Gasteiger partial charge in [-0.25, -0.2) is 9.97 Å². The maximum atomic E-state index is 5.99. The molecule has 2 heterocycles. The monoisotopic (exact) mass is 239 g/mol. The van der Waals surface area contributed by atoms with Gasteiger partial charge in [0.25, 0.3) is 0 Å². The molecule has 0 radical (unpaired) electrons. The Morgan fingerprint density at radius 1 is 1.22 bits per heavy atom. The zero-order valence-electron chi connectivity index (χ0n) is 10.2. The zero-order chi connectivity index (χ0) is 12.7. The molecule has 0 amide bonds. The van der Waals surface area contributed by atoms with Gasteiger partial charge in [-0.05, 0) is 12.5 Å². The van der Waals surface area contributed by atoms with E-state index in [1.807, 2.05) is 24.3 Å². The minimum Gasteiger partial charge on any atom is -0.382 e. The number of fused-ring (bicyclic) bond motifs is 3. The number of anilines is 1. The molecule has 3 rings (SSSR count). The number of hydrogen-bond donors (Lipinski definition) is 2. The van der Waals surface area contributed by atoms with E-state index in [1.54, 1.807) is 0 Å². The summed E-state index contributed by atoms with van der Waals surface area (Å²) in [6, 6.07) is 7.95. The number of hydrogen-bond acceptors (Lipinski definition) is 4. The highest BCUT2D eigenvalue weighted by molar-refractivity contribution is 6.10. The number of benzene rings is 1. The molecule has 0 aliphatic heterocycles. The molecule has 0 saturated heterocycles. The molecule has 4 N–H and O–H groups in total. The first-order valence-electron chi connectivity index (χ1n) is 5.99. The van der Waals surface area contributed by atoms with E-state index in [0.29, 0.717) is 12.4 Å². The van der Waals surface area contributed by atoms with Crippen LogP contribution in [0, 0.1) is 0 Å². The quantitative estimate of drug-likeness (QED) is 0.626. The smallest absolute Gasteiger partial charge is 0.152 e. The molecule has 2 aromatic heterocycles. The van der Waals surface area contributed by atoms with Crippen LogP contribution in [0.4, 0.5) is 5.82 Å². The number of pyridine rings is 1. The van der Waals surface area contributed by atoms with Gasteiger partial charge in [0.05, 0.1) is 17.6 Å². The van der Waals surface area contributed by atoms with Gasteiger partial charge in [0.1, 0.15) is 19.2 Å². The first-order chi connectivity index (χ1) is 8.76. The van der Waals surface area contributed by atoms with Crippen molar-refractivity contribution in [1.82, 2.24) is 14.5 Å². The van der Waals surface area contributed by atoms with Gasteiger partial charge >= 0.3 is 0 Å². The number of rotatable bonds is 2. The molecule has 5 nitrogen and oxygen atoms in total. The second-order valence-electron chi connectivity index (χ2n) is 4.19. The van der Waals surface area contributed by atoms with Gasteiger partial charge in [-0.2, -0.15) is 0 Å². The average molecular weight is 239 g/mol. The van der Waals surface area contributed by atoms with E-state index in [1.165, 1.54) is 0 Å². The SMILES string of the molecule is BCn1c(CN)nc2c(N)nc3ccccc3c21. The van der Waals surface area contributed by atoms with Crippen molar-refractivity contribution >= 4 is 35.6 Å². The van der Waals surface area contributed by atoms with Crippen molar-refractivity contribution in [2.75, 3.05) is 5.73 Å². The minimum atomic E-state index is 0.399. The predicted molar refractivity (Wildman–Crippen MR) is 75.9 cm³/mol. The maximum Gasteiger partial charge on any atom is 0.152 e. The standard InChI is InChI=1S/C12H14BN5/c13-6-18-9(5-14)17-10-11(18)7-3-1-2-4-8(7)16-12(10)15/h1-4H,5-6,13-14H2,(H2,15,16). The van der Waals surface area contributed by atoms with E-state index in [4.69, 9.17) is 11.5 Å². The van der Waals surface area contributed by atoms with E-state index in [9.17, 15) is 0 Å². The van der Waals surface area contributed by atoms with Crippen molar-refractivity contribution in [2.24, 2.45) is 5.73 Å². The van der Waals surface area contributed by atoms with Crippen molar-refractivity contribution in [3.63, 3.8) is 0 Å². The first-order valence-corrected chi connectivity index (χ1v) is 5.99. The Hall–Kier alpha value is -2.08. The molecule has 0 unspecified atom stereocenters. The van der Waals surface area contributed by atoms with Crippen LogP contribution in [0.5, 0.6) is 0 Å². The molecule has 0 fully saturated rings. The molecule has 0 bridgehead atoms. The summed E-state index contributed by atoms with van der Waals surface area (Å²) >= 11 is 0. The third-order valence-corrected chi connectivity index (χ3v) is 3.19. The number of nitrogens with zero attached hydrogens (tertiary/aromatic N) is 3. The molecular formula is C12H14BN5. The normalized spacial score (nSPS) is 11.4. The Morgan fingerprint density at radius 3 is 2.72 bits per heavy atom. The lowest BCUT2D eigenvalue weighted by Gasteiger charge is -2.06. The molecule has 6 heteroatoms. The molecule has 0 atom stereocenters. The van der Waals surface area contributed by atoms with Crippen LogP contribution in [0.3, 0.4) is 0 Å². The molecule has 0 saturated carbocycles. The van der Waals surface area contributed by atoms with Gasteiger partial charge < -0.3 is 16.0 Å². The Balaban J connectivity index is 2.56. The molecule has 90 valence electrons. The topological polar surface area (TPSA) is 82.8 Å². The van der Waals surface area contributed by atoms with Crippen LogP contribution >= 0.6 is 0 Å². The number of nitrogens with two attached hydrogens (primary N) is 2. The van der Waals surface area contributed by atoms with Crippen LogP contribution in [0.1, 0.15) is 5.82 Å². The van der Waals surface area contributed by atoms with E-state index in [0.717, 1.165) is 34.2 Å². The maximum absolute atomic E-state index is 5.99. The lowest BCUT2D eigenvalue weighted by atomic mass is 10.1. The van der Waals surface area contributed by atoms with Gasteiger partial charge in [0.2, 0.25) is 0 Å². The highest BCUT2D eigenvalue weighted by Gasteiger charge is 2.14. The van der Waals surface area contributed by atoms with Gasteiger partial charge in [-0.3, -0.25) is 0 Å². The Bertz CT molecular complexity index is 734. The number of nitrogen functional groups attached to an aromatic ring is 1. The fraction of sp³-hybridized carbons (Fsp3) is 0.167. The van der Waals surface area contributed by atoms with E-state index in [-0.39, 0.29) is 0 Å². The fourth-order valence-electron chi connectivity index (χ4n) is 2.40. The molecule has 0 aliphatic rings. The molecule has 18 heavy (non-hydrogen) atoms. The molecule has 1 aromatic carbocycles. The molecule has 0 aliphatic carbocycles. The predicted octanol–water partition coefficient (Wildman–Crippen LogP) is 0.216. The second kappa shape index (κ2) is 3.99. The van der Waals surface area contributed by atoms with Crippen molar-refractivity contribution in [3.05, 3.63) is 30.1 Å². The summed E-state index contributed by atoms with van der Waals surface area (Å²) in [6.07, 6.45) is 0.816. The molecular weight excluding hydrogens is 225 g/mol. The summed E-state index contributed by atoms with van der Waals surface area (Å²) in [7, 11) is 2.08. The summed E-state index contributed by atoms with van der Waals surface area (Å²) in [5, 5.41) is 1.07. The highest BCUT2D eigenvalue weighted by Crippen LogP contribution is 2.28. The van der Waals surface area contributed by atoms with Gasteiger partial charge in [-0.15, -0.1) is 0 Å². The Labute approximate surface area is 105 Å². The van der Waals surface area contributed by atoms with E-state index in [2.05, 4.69) is 22.4 Å². The summed E-state index contributed by atoms with van der Waals surface area (Å²) < 4.78 is 2.11. The lowest BCUT2D eigenvalue weighted by Crippen LogP contribution is -2.08. The van der Waals surface area contributed by atoms with Crippen LogP contribution in [0.2, 0.25) is 0 Å². The summed E-state index contributed by atoms with van der Waals surface area (Å²) in [4.78, 5) is 8.89. The summed E-state index contributed by atoms with van der Waals surface area (Å²) in [5.41, 5.74) is 14.4. The summed E-state index contributed by atoms with van der Waals surface area (Å²) in [5.74, 6) is 1.31. The van der Waals surface area contributed by atoms with Crippen molar-refractivity contribution in [3.8, 4) is 0 Å². The first kappa shape index (κ1) is 11.0. The van der Waals surface area contributed by atoms with Gasteiger partial charge in [0.15, 0.2) is 5.82 Å². The summed E-state index contributed by atoms with van der Waals surface area (Å²) in [6.45, 7) is 0.399. The molecule has 3 aromatic rings. The Morgan fingerprint density at radius 2 is 2.00 bits per heavy atom. The number of aromatic nitrogens is 3. The van der Waals surface area contributed by atoms with E-state index < -0.39 is 0 Å². The van der Waals surface area contributed by atoms with E-state index >= 15 is 0 Å². The highest BCUT2D eigenvalue weighted by atomic mass is 15.1. The zero-order valence-corrected chi connectivity index (χ0v) is 10.2. The Kier molecular flexibility index (Phi) is 2.45. The third kappa shape index (κ3) is 1.39.